The maximum absolute atomic E-state index is 6.11. The number of guanidine groups is 1. The highest BCUT2D eigenvalue weighted by Gasteiger charge is 2.17. The molecule has 0 radical (unpaired) electrons. The average molecular weight is 442 g/mol. The Morgan fingerprint density at radius 2 is 2.00 bits per heavy atom. The molecule has 0 atom stereocenters. The summed E-state index contributed by atoms with van der Waals surface area (Å²) < 4.78 is 0. The molecule has 1 aliphatic rings. The van der Waals surface area contributed by atoms with Crippen LogP contribution in [0.2, 0.25) is 0 Å². The molecule has 1 aromatic heterocycles. The zero-order chi connectivity index (χ0) is 15.4. The third kappa shape index (κ3) is 4.91. The first-order chi connectivity index (χ1) is 10.7. The summed E-state index contributed by atoms with van der Waals surface area (Å²) >= 11 is 1.64. The number of nitrogens with two attached hydrogens (primary N) is 1. The van der Waals surface area contributed by atoms with Gasteiger partial charge in [0, 0.05) is 24.0 Å². The van der Waals surface area contributed by atoms with Crippen LogP contribution in [0.1, 0.15) is 24.8 Å². The molecule has 0 bridgehead atoms. The highest BCUT2D eigenvalue weighted by atomic mass is 127. The van der Waals surface area contributed by atoms with E-state index in [1.807, 2.05) is 18.2 Å². The predicted molar refractivity (Wildman–Crippen MR) is 108 cm³/mol. The van der Waals surface area contributed by atoms with Crippen LogP contribution in [-0.2, 0) is 6.54 Å². The lowest BCUT2D eigenvalue weighted by Gasteiger charge is -2.30. The molecule has 6 heteroatoms. The fraction of sp³-hybridized carbons (Fsp3) is 0.412. The molecule has 2 aromatic rings. The van der Waals surface area contributed by atoms with Crippen molar-refractivity contribution in [1.29, 1.82) is 0 Å². The van der Waals surface area contributed by atoms with Crippen LogP contribution in [0.15, 0.2) is 40.7 Å². The van der Waals surface area contributed by atoms with Crippen LogP contribution in [0.25, 0.3) is 11.3 Å². The topological polar surface area (TPSA) is 54.5 Å². The molecule has 2 N–H and O–H groups in total. The number of benzene rings is 1. The zero-order valence-corrected chi connectivity index (χ0v) is 16.5. The molecule has 1 fully saturated rings. The van der Waals surface area contributed by atoms with E-state index in [0.717, 1.165) is 35.3 Å². The van der Waals surface area contributed by atoms with Crippen molar-refractivity contribution in [3.63, 3.8) is 0 Å². The lowest BCUT2D eigenvalue weighted by atomic mass is 10.00. The minimum absolute atomic E-state index is 0. The van der Waals surface area contributed by atoms with Gasteiger partial charge in [-0.05, 0) is 18.8 Å². The van der Waals surface area contributed by atoms with Gasteiger partial charge in [-0.25, -0.2) is 9.98 Å². The molecule has 4 nitrogen and oxygen atoms in total. The molecule has 3 rings (SSSR count). The fourth-order valence-corrected chi connectivity index (χ4v) is 3.34. The monoisotopic (exact) mass is 442 g/mol. The van der Waals surface area contributed by atoms with E-state index in [2.05, 4.69) is 39.3 Å². The second-order valence-electron chi connectivity index (χ2n) is 5.84. The van der Waals surface area contributed by atoms with Gasteiger partial charge in [-0.3, -0.25) is 0 Å². The molecule has 0 amide bonds. The number of hydrogen-bond acceptors (Lipinski definition) is 3. The minimum Gasteiger partial charge on any atom is -0.370 e. The van der Waals surface area contributed by atoms with Crippen LogP contribution in [0.3, 0.4) is 0 Å². The molecule has 1 saturated heterocycles. The van der Waals surface area contributed by atoms with Gasteiger partial charge in [0.2, 0.25) is 0 Å². The summed E-state index contributed by atoms with van der Waals surface area (Å²) in [7, 11) is 0. The summed E-state index contributed by atoms with van der Waals surface area (Å²) in [6.07, 6.45) is 2.40. The van der Waals surface area contributed by atoms with Gasteiger partial charge >= 0.3 is 0 Å². The molecular weight excluding hydrogens is 419 g/mol. The zero-order valence-electron chi connectivity index (χ0n) is 13.3. The summed E-state index contributed by atoms with van der Waals surface area (Å²) in [5, 5.41) is 3.09. The number of piperidine rings is 1. The number of likely N-dealkylation sites (tertiary alicyclic amines) is 1. The highest BCUT2D eigenvalue weighted by Crippen LogP contribution is 2.22. The summed E-state index contributed by atoms with van der Waals surface area (Å²) in [5.74, 6) is 1.46. The van der Waals surface area contributed by atoms with Gasteiger partial charge in [0.25, 0.3) is 0 Å². The Labute approximate surface area is 158 Å². The van der Waals surface area contributed by atoms with Gasteiger partial charge in [-0.15, -0.1) is 35.3 Å². The Morgan fingerprint density at radius 3 is 2.70 bits per heavy atom. The van der Waals surface area contributed by atoms with E-state index in [4.69, 9.17) is 5.73 Å². The van der Waals surface area contributed by atoms with Crippen molar-refractivity contribution >= 4 is 41.3 Å². The molecule has 0 spiro atoms. The summed E-state index contributed by atoms with van der Waals surface area (Å²) in [6.45, 7) is 4.90. The van der Waals surface area contributed by atoms with Crippen LogP contribution in [-0.4, -0.2) is 28.9 Å². The summed E-state index contributed by atoms with van der Waals surface area (Å²) in [5.41, 5.74) is 8.27. The smallest absolute Gasteiger partial charge is 0.191 e. The van der Waals surface area contributed by atoms with E-state index < -0.39 is 0 Å². The number of nitrogens with zero attached hydrogens (tertiary/aromatic N) is 3. The minimum atomic E-state index is 0. The standard InChI is InChI=1S/C17H22N4S.HI/c1-13-7-9-21(10-8-13)17(18)19-11-16-20-15(12-22-16)14-5-3-2-4-6-14;/h2-6,12-13H,7-11H2,1H3,(H2,18,19);1H. The second-order valence-corrected chi connectivity index (χ2v) is 6.78. The van der Waals surface area contributed by atoms with E-state index >= 15 is 0 Å². The van der Waals surface area contributed by atoms with Crippen LogP contribution >= 0.6 is 35.3 Å². The van der Waals surface area contributed by atoms with Gasteiger partial charge in [0.05, 0.1) is 12.2 Å². The number of thiazole rings is 1. The molecule has 0 unspecified atom stereocenters. The van der Waals surface area contributed by atoms with Gasteiger partial charge < -0.3 is 10.6 Å². The molecule has 23 heavy (non-hydrogen) atoms. The molecule has 1 aromatic carbocycles. The molecule has 1 aliphatic heterocycles. The Morgan fingerprint density at radius 1 is 1.30 bits per heavy atom. The third-order valence-corrected chi connectivity index (χ3v) is 4.94. The van der Waals surface area contributed by atoms with E-state index in [9.17, 15) is 0 Å². The van der Waals surface area contributed by atoms with Crippen molar-refractivity contribution in [3.8, 4) is 11.3 Å². The van der Waals surface area contributed by atoms with Gasteiger partial charge in [0.15, 0.2) is 5.96 Å². The number of rotatable bonds is 3. The number of aromatic nitrogens is 1. The largest absolute Gasteiger partial charge is 0.370 e. The van der Waals surface area contributed by atoms with Crippen LogP contribution in [0.5, 0.6) is 0 Å². The van der Waals surface area contributed by atoms with Gasteiger partial charge in [-0.1, -0.05) is 37.3 Å². The Hall–Kier alpha value is -1.15. The Balaban J connectivity index is 0.00000192. The van der Waals surface area contributed by atoms with Crippen molar-refractivity contribution in [2.24, 2.45) is 16.6 Å². The van der Waals surface area contributed by atoms with Crippen molar-refractivity contribution in [2.75, 3.05) is 13.1 Å². The summed E-state index contributed by atoms with van der Waals surface area (Å²) in [6, 6.07) is 10.2. The van der Waals surface area contributed by atoms with Gasteiger partial charge in [0.1, 0.15) is 5.01 Å². The molecule has 0 saturated carbocycles. The van der Waals surface area contributed by atoms with E-state index in [1.165, 1.54) is 12.8 Å². The molecule has 124 valence electrons. The second kappa shape index (κ2) is 8.63. The van der Waals surface area contributed by atoms with Crippen molar-refractivity contribution in [2.45, 2.75) is 26.3 Å². The van der Waals surface area contributed by atoms with Crippen molar-refractivity contribution < 1.29 is 0 Å². The fourth-order valence-electron chi connectivity index (χ4n) is 2.61. The Bertz CT molecular complexity index is 633. The van der Waals surface area contributed by atoms with Crippen molar-refractivity contribution in [3.05, 3.63) is 40.7 Å². The Kier molecular flexibility index (Phi) is 6.83. The van der Waals surface area contributed by atoms with E-state index in [0.29, 0.717) is 12.5 Å². The van der Waals surface area contributed by atoms with Gasteiger partial charge in [-0.2, -0.15) is 0 Å². The summed E-state index contributed by atoms with van der Waals surface area (Å²) in [4.78, 5) is 11.4. The molecule has 2 heterocycles. The lowest BCUT2D eigenvalue weighted by molar-refractivity contribution is 0.277. The average Bonchev–Trinajstić information content (AvgIpc) is 3.03. The van der Waals surface area contributed by atoms with Crippen molar-refractivity contribution in [1.82, 2.24) is 9.88 Å². The van der Waals surface area contributed by atoms with Crippen LogP contribution in [0, 0.1) is 5.92 Å². The SMILES string of the molecule is CC1CCN(C(N)=NCc2nc(-c3ccccc3)cs2)CC1.I. The van der Waals surface area contributed by atoms with E-state index in [-0.39, 0.29) is 24.0 Å². The first kappa shape index (κ1) is 18.2. The molecular formula is C17H23IN4S. The highest BCUT2D eigenvalue weighted by molar-refractivity contribution is 14.0. The first-order valence-electron chi connectivity index (χ1n) is 7.77. The molecule has 0 aliphatic carbocycles. The number of halogens is 1. The predicted octanol–water partition coefficient (Wildman–Crippen LogP) is 3.97. The maximum atomic E-state index is 6.11. The van der Waals surface area contributed by atoms with Crippen LogP contribution < -0.4 is 5.73 Å². The first-order valence-corrected chi connectivity index (χ1v) is 8.65. The lowest BCUT2D eigenvalue weighted by Crippen LogP contribution is -2.42. The number of aliphatic imine (C=N–C) groups is 1. The quantitative estimate of drug-likeness (QED) is 0.445. The normalized spacial score (nSPS) is 16.2. The number of hydrogen-bond donors (Lipinski definition) is 1. The van der Waals surface area contributed by atoms with E-state index in [1.54, 1.807) is 11.3 Å². The van der Waals surface area contributed by atoms with Crippen LogP contribution in [0.4, 0.5) is 0 Å². The maximum Gasteiger partial charge on any atom is 0.191 e. The third-order valence-electron chi connectivity index (χ3n) is 4.11.